The molecule has 0 N–H and O–H groups in total. The highest BCUT2D eigenvalue weighted by atomic mass is 32.2. The molecule has 0 bridgehead atoms. The van der Waals surface area contributed by atoms with Gasteiger partial charge in [0.15, 0.2) is 0 Å². The van der Waals surface area contributed by atoms with E-state index in [0.717, 1.165) is 0 Å². The molecule has 18 heavy (non-hydrogen) atoms. The van der Waals surface area contributed by atoms with Crippen molar-refractivity contribution < 1.29 is 13.2 Å². The highest BCUT2D eigenvalue weighted by Crippen LogP contribution is 2.14. The highest BCUT2D eigenvalue weighted by molar-refractivity contribution is 7.90. The molecular formula is C11H13N3O3S. The number of carbonyl (C=O) groups is 1. The van der Waals surface area contributed by atoms with Gasteiger partial charge in [-0.3, -0.25) is 4.90 Å². The average molecular weight is 267 g/mol. The van der Waals surface area contributed by atoms with Gasteiger partial charge in [0, 0.05) is 14.1 Å². The lowest BCUT2D eigenvalue weighted by atomic mass is 10.4. The van der Waals surface area contributed by atoms with Crippen LogP contribution in [0.1, 0.15) is 0 Å². The minimum absolute atomic E-state index is 0.118. The topological polar surface area (TPSA) is 70.1 Å². The Morgan fingerprint density at radius 3 is 2.28 bits per heavy atom. The minimum Gasteiger partial charge on any atom is -0.320 e. The van der Waals surface area contributed by atoms with Gasteiger partial charge < -0.3 is 4.90 Å². The molecule has 1 aromatic carbocycles. The Morgan fingerprint density at radius 2 is 1.78 bits per heavy atom. The van der Waals surface area contributed by atoms with Crippen molar-refractivity contribution in [3.05, 3.63) is 30.3 Å². The maximum absolute atomic E-state index is 12.0. The first kappa shape index (κ1) is 12.6. The van der Waals surface area contributed by atoms with Crippen LogP contribution in [0.4, 0.5) is 4.79 Å². The van der Waals surface area contributed by atoms with Gasteiger partial charge in [-0.25, -0.2) is 4.79 Å². The van der Waals surface area contributed by atoms with Crippen molar-refractivity contribution in [2.75, 3.05) is 20.6 Å². The molecule has 0 radical (unpaired) electrons. The van der Waals surface area contributed by atoms with Crippen LogP contribution in [-0.4, -0.2) is 50.7 Å². The van der Waals surface area contributed by atoms with Crippen molar-refractivity contribution in [3.63, 3.8) is 0 Å². The summed E-state index contributed by atoms with van der Waals surface area (Å²) in [5.74, 6) is 0.228. The Bertz CT molecular complexity index is 595. The first-order chi connectivity index (χ1) is 8.42. The second-order valence-corrected chi connectivity index (χ2v) is 5.60. The van der Waals surface area contributed by atoms with Crippen molar-refractivity contribution >= 4 is 21.9 Å². The van der Waals surface area contributed by atoms with Crippen LogP contribution >= 0.6 is 0 Å². The zero-order valence-electron chi connectivity index (χ0n) is 10.1. The third kappa shape index (κ3) is 2.21. The van der Waals surface area contributed by atoms with Gasteiger partial charge in [-0.1, -0.05) is 18.2 Å². The summed E-state index contributed by atoms with van der Waals surface area (Å²) in [6.45, 7) is 0.196. The molecule has 0 unspecified atom stereocenters. The first-order valence-electron chi connectivity index (χ1n) is 5.29. The number of nitrogens with zero attached hydrogens (tertiary/aromatic N) is 3. The van der Waals surface area contributed by atoms with Crippen LogP contribution in [-0.2, 0) is 10.0 Å². The van der Waals surface area contributed by atoms with Gasteiger partial charge in [0.05, 0.1) is 11.4 Å². The Hall–Kier alpha value is -1.89. The molecule has 2 rings (SSSR count). The molecule has 1 fully saturated rings. The maximum atomic E-state index is 12.0. The van der Waals surface area contributed by atoms with Crippen molar-refractivity contribution in [1.29, 1.82) is 0 Å². The van der Waals surface area contributed by atoms with E-state index < -0.39 is 10.0 Å². The number of hydrogen-bond donors (Lipinski definition) is 0. The molecule has 96 valence electrons. The number of amides is 2. The zero-order valence-corrected chi connectivity index (χ0v) is 10.9. The second kappa shape index (κ2) is 4.41. The molecule has 1 aromatic rings. The number of urea groups is 1. The number of sulfonamides is 1. The van der Waals surface area contributed by atoms with Crippen molar-refractivity contribution in [2.45, 2.75) is 4.90 Å². The molecule has 1 aliphatic heterocycles. The third-order valence-electron chi connectivity index (χ3n) is 2.65. The van der Waals surface area contributed by atoms with Gasteiger partial charge >= 0.3 is 6.03 Å². The van der Waals surface area contributed by atoms with Crippen molar-refractivity contribution in [3.8, 4) is 0 Å². The van der Waals surface area contributed by atoms with E-state index in [0.29, 0.717) is 0 Å². The summed E-state index contributed by atoms with van der Waals surface area (Å²) in [4.78, 5) is 14.3. The molecule has 0 aromatic heterocycles. The minimum atomic E-state index is -3.76. The monoisotopic (exact) mass is 267 g/mol. The van der Waals surface area contributed by atoms with Gasteiger partial charge in [-0.15, -0.1) is 4.40 Å². The zero-order chi connectivity index (χ0) is 13.3. The second-order valence-electron chi connectivity index (χ2n) is 3.99. The van der Waals surface area contributed by atoms with Gasteiger partial charge in [0.25, 0.3) is 10.0 Å². The van der Waals surface area contributed by atoms with Crippen LogP contribution in [0.5, 0.6) is 0 Å². The first-order valence-corrected chi connectivity index (χ1v) is 6.73. The molecule has 2 amide bonds. The Labute approximate surface area is 106 Å². The van der Waals surface area contributed by atoms with E-state index in [1.54, 1.807) is 25.2 Å². The van der Waals surface area contributed by atoms with Crippen LogP contribution < -0.4 is 0 Å². The molecule has 1 aliphatic rings. The van der Waals surface area contributed by atoms with Crippen LogP contribution in [0, 0.1) is 0 Å². The highest BCUT2D eigenvalue weighted by Gasteiger charge is 2.30. The smallest absolute Gasteiger partial charge is 0.320 e. The standard InChI is InChI=1S/C11H13N3O3S/c1-13-8-10(14(2)11(13)15)12-18(16,17)9-6-4-3-5-7-9/h3-7H,8H2,1-2H3. The van der Waals surface area contributed by atoms with Gasteiger partial charge in [-0.2, -0.15) is 8.42 Å². The third-order valence-corrected chi connectivity index (χ3v) is 3.96. The number of amidine groups is 1. The van der Waals surface area contributed by atoms with Crippen LogP contribution in [0.3, 0.4) is 0 Å². The summed E-state index contributed by atoms with van der Waals surface area (Å²) >= 11 is 0. The lowest BCUT2D eigenvalue weighted by Gasteiger charge is -2.08. The average Bonchev–Trinajstić information content (AvgIpc) is 2.58. The van der Waals surface area contributed by atoms with E-state index >= 15 is 0 Å². The Balaban J connectivity index is 2.37. The lowest BCUT2D eigenvalue weighted by Crippen LogP contribution is -2.27. The van der Waals surface area contributed by atoms with Crippen molar-refractivity contribution in [2.24, 2.45) is 4.40 Å². The molecule has 6 nitrogen and oxygen atoms in total. The van der Waals surface area contributed by atoms with E-state index in [4.69, 9.17) is 0 Å². The van der Waals surface area contributed by atoms with E-state index in [9.17, 15) is 13.2 Å². The molecule has 7 heteroatoms. The number of rotatable bonds is 2. The van der Waals surface area contributed by atoms with Gasteiger partial charge in [0.2, 0.25) is 0 Å². The summed E-state index contributed by atoms with van der Waals surface area (Å²) in [5.41, 5.74) is 0. The van der Waals surface area contributed by atoms with Crippen LogP contribution in [0.25, 0.3) is 0 Å². The van der Waals surface area contributed by atoms with Gasteiger partial charge in [-0.05, 0) is 12.1 Å². The van der Waals surface area contributed by atoms with Crippen LogP contribution in [0.2, 0.25) is 0 Å². The van der Waals surface area contributed by atoms with Crippen LogP contribution in [0.15, 0.2) is 39.6 Å². The summed E-state index contributed by atoms with van der Waals surface area (Å²) in [6, 6.07) is 7.66. The SMILES string of the molecule is CN1CC(=NS(=O)(=O)c2ccccc2)N(C)C1=O. The number of benzene rings is 1. The fourth-order valence-corrected chi connectivity index (χ4v) is 2.69. The molecule has 1 heterocycles. The van der Waals surface area contributed by atoms with E-state index in [2.05, 4.69) is 4.40 Å². The normalized spacial score (nSPS) is 18.8. The molecule has 1 saturated heterocycles. The van der Waals surface area contributed by atoms with E-state index in [-0.39, 0.29) is 23.3 Å². The number of carbonyl (C=O) groups excluding carboxylic acids is 1. The van der Waals surface area contributed by atoms with Gasteiger partial charge in [0.1, 0.15) is 5.84 Å². The predicted molar refractivity (Wildman–Crippen MR) is 66.9 cm³/mol. The molecule has 0 aliphatic carbocycles. The van der Waals surface area contributed by atoms with E-state index in [1.807, 2.05) is 0 Å². The molecule has 0 spiro atoms. The predicted octanol–water partition coefficient (Wildman–Crippen LogP) is 0.771. The Kier molecular flexibility index (Phi) is 3.08. The Morgan fingerprint density at radius 1 is 1.17 bits per heavy atom. The molecular weight excluding hydrogens is 254 g/mol. The molecule has 0 atom stereocenters. The van der Waals surface area contributed by atoms with E-state index in [1.165, 1.54) is 29.0 Å². The lowest BCUT2D eigenvalue weighted by molar-refractivity contribution is 0.209. The maximum Gasteiger partial charge on any atom is 0.325 e. The summed E-state index contributed by atoms with van der Waals surface area (Å²) in [7, 11) is -0.657. The number of likely N-dealkylation sites (N-methyl/N-ethyl adjacent to an activating group) is 2. The number of hydrogen-bond acceptors (Lipinski definition) is 3. The summed E-state index contributed by atoms with van der Waals surface area (Å²) in [6.07, 6.45) is 0. The van der Waals surface area contributed by atoms with Crippen molar-refractivity contribution in [1.82, 2.24) is 9.80 Å². The summed E-state index contributed by atoms with van der Waals surface area (Å²) in [5, 5.41) is 0. The fraction of sp³-hybridized carbons (Fsp3) is 0.273. The molecule has 0 saturated carbocycles. The summed E-state index contributed by atoms with van der Waals surface area (Å²) < 4.78 is 27.7. The fourth-order valence-electron chi connectivity index (χ4n) is 1.63. The largest absolute Gasteiger partial charge is 0.325 e. The quantitative estimate of drug-likeness (QED) is 0.794.